The largest absolute Gasteiger partial charge is 0.474 e. The van der Waals surface area contributed by atoms with Crippen molar-refractivity contribution in [1.82, 2.24) is 9.55 Å². The summed E-state index contributed by atoms with van der Waals surface area (Å²) in [6.07, 6.45) is 3.69. The molecule has 1 aliphatic rings. The fourth-order valence-corrected chi connectivity index (χ4v) is 3.36. The number of carbonyl (C=O) groups excluding carboxylic acids is 1. The van der Waals surface area contributed by atoms with Crippen molar-refractivity contribution in [3.63, 3.8) is 0 Å². The molecule has 28 heavy (non-hydrogen) atoms. The lowest BCUT2D eigenvalue weighted by Gasteiger charge is -2.21. The SMILES string of the molecule is O=C(O)C(=O)Nc1ccc2c(=O)n3c(nc2c1)C(=Cc1ccccc1)CCC3. The van der Waals surface area contributed by atoms with Gasteiger partial charge in [0.05, 0.1) is 10.9 Å². The van der Waals surface area contributed by atoms with Gasteiger partial charge in [0.2, 0.25) is 0 Å². The molecule has 0 atom stereocenters. The van der Waals surface area contributed by atoms with E-state index in [4.69, 9.17) is 5.11 Å². The molecule has 4 rings (SSSR count). The van der Waals surface area contributed by atoms with Crippen LogP contribution in [0.25, 0.3) is 22.6 Å². The third kappa shape index (κ3) is 3.29. The van der Waals surface area contributed by atoms with E-state index in [-0.39, 0.29) is 11.2 Å². The topological polar surface area (TPSA) is 101 Å². The van der Waals surface area contributed by atoms with Crippen LogP contribution in [0.3, 0.4) is 0 Å². The summed E-state index contributed by atoms with van der Waals surface area (Å²) in [6, 6.07) is 14.4. The lowest BCUT2D eigenvalue weighted by molar-refractivity contribution is -0.147. The maximum absolute atomic E-state index is 12.9. The van der Waals surface area contributed by atoms with E-state index in [1.807, 2.05) is 36.4 Å². The minimum Gasteiger partial charge on any atom is -0.474 e. The first kappa shape index (κ1) is 17.7. The van der Waals surface area contributed by atoms with E-state index in [1.165, 1.54) is 12.1 Å². The second-order valence-electron chi connectivity index (χ2n) is 6.57. The minimum absolute atomic E-state index is 0.144. The molecule has 2 heterocycles. The standard InChI is InChI=1S/C21H17N3O4/c25-19(21(27)28)22-15-8-9-16-17(12-15)23-18-14(7-4-10-24(18)20(16)26)11-13-5-2-1-3-6-13/h1-3,5-6,8-9,11-12H,4,7,10H2,(H,22,25)(H,27,28). The number of allylic oxidation sites excluding steroid dienone is 1. The molecule has 0 bridgehead atoms. The van der Waals surface area contributed by atoms with Gasteiger partial charge in [-0.3, -0.25) is 14.2 Å². The maximum Gasteiger partial charge on any atom is 0.394 e. The van der Waals surface area contributed by atoms with Crippen LogP contribution in [0.5, 0.6) is 0 Å². The second-order valence-corrected chi connectivity index (χ2v) is 6.57. The molecule has 2 N–H and O–H groups in total. The average Bonchev–Trinajstić information content (AvgIpc) is 2.69. The second kappa shape index (κ2) is 7.11. The molecule has 1 aromatic heterocycles. The Balaban J connectivity index is 1.83. The number of aliphatic carboxylic acids is 1. The predicted octanol–water partition coefficient (Wildman–Crippen LogP) is 2.75. The van der Waals surface area contributed by atoms with E-state index in [0.717, 1.165) is 24.0 Å². The number of nitrogens with one attached hydrogen (secondary N) is 1. The highest BCUT2D eigenvalue weighted by Crippen LogP contribution is 2.27. The smallest absolute Gasteiger partial charge is 0.394 e. The number of aromatic nitrogens is 2. The van der Waals surface area contributed by atoms with Crippen molar-refractivity contribution in [2.24, 2.45) is 0 Å². The molecule has 7 nitrogen and oxygen atoms in total. The summed E-state index contributed by atoms with van der Waals surface area (Å²) in [4.78, 5) is 39.7. The molecule has 7 heteroatoms. The monoisotopic (exact) mass is 375 g/mol. The predicted molar refractivity (Wildman–Crippen MR) is 106 cm³/mol. The molecule has 0 aliphatic carbocycles. The zero-order valence-corrected chi connectivity index (χ0v) is 14.9. The van der Waals surface area contributed by atoms with Crippen molar-refractivity contribution in [3.05, 3.63) is 70.3 Å². The Morgan fingerprint density at radius 3 is 2.68 bits per heavy atom. The number of nitrogens with zero attached hydrogens (tertiary/aromatic N) is 2. The summed E-state index contributed by atoms with van der Waals surface area (Å²) in [5.41, 5.74) is 2.55. The van der Waals surface area contributed by atoms with Crippen molar-refractivity contribution in [3.8, 4) is 0 Å². The molecule has 0 spiro atoms. The molecular weight excluding hydrogens is 358 g/mol. The Kier molecular flexibility index (Phi) is 4.49. The Morgan fingerprint density at radius 2 is 1.93 bits per heavy atom. The van der Waals surface area contributed by atoms with Gasteiger partial charge in [0.15, 0.2) is 0 Å². The molecule has 0 fully saturated rings. The van der Waals surface area contributed by atoms with Gasteiger partial charge >= 0.3 is 11.9 Å². The van der Waals surface area contributed by atoms with Crippen molar-refractivity contribution in [2.45, 2.75) is 19.4 Å². The molecular formula is C21H17N3O4. The summed E-state index contributed by atoms with van der Waals surface area (Å²) in [5.74, 6) is -2.11. The Hall–Kier alpha value is -3.74. The zero-order chi connectivity index (χ0) is 19.7. The van der Waals surface area contributed by atoms with Crippen LogP contribution in [0, 0.1) is 0 Å². The molecule has 0 saturated carbocycles. The molecule has 0 saturated heterocycles. The van der Waals surface area contributed by atoms with Gasteiger partial charge in [-0.25, -0.2) is 9.78 Å². The molecule has 140 valence electrons. The summed E-state index contributed by atoms with van der Waals surface area (Å²) >= 11 is 0. The van der Waals surface area contributed by atoms with Crippen molar-refractivity contribution in [2.75, 3.05) is 5.32 Å². The first-order valence-electron chi connectivity index (χ1n) is 8.88. The summed E-state index contributed by atoms with van der Waals surface area (Å²) in [7, 11) is 0. The lowest BCUT2D eigenvalue weighted by Crippen LogP contribution is -2.28. The Labute approximate surface area is 160 Å². The van der Waals surface area contributed by atoms with Gasteiger partial charge in [-0.15, -0.1) is 0 Å². The quantitative estimate of drug-likeness (QED) is 0.671. The third-order valence-electron chi connectivity index (χ3n) is 4.66. The molecule has 0 unspecified atom stereocenters. The molecule has 0 radical (unpaired) electrons. The van der Waals surface area contributed by atoms with Gasteiger partial charge in [0.1, 0.15) is 5.82 Å². The number of benzene rings is 2. The van der Waals surface area contributed by atoms with Gasteiger partial charge in [-0.1, -0.05) is 30.3 Å². The van der Waals surface area contributed by atoms with Crippen molar-refractivity contribution < 1.29 is 14.7 Å². The van der Waals surface area contributed by atoms with Crippen LogP contribution in [-0.4, -0.2) is 26.5 Å². The van der Waals surface area contributed by atoms with Gasteiger partial charge in [0.25, 0.3) is 5.56 Å². The van der Waals surface area contributed by atoms with Crippen LogP contribution >= 0.6 is 0 Å². The van der Waals surface area contributed by atoms with Crippen molar-refractivity contribution >= 4 is 40.1 Å². The van der Waals surface area contributed by atoms with Gasteiger partial charge < -0.3 is 10.4 Å². The normalized spacial score (nSPS) is 14.6. The van der Waals surface area contributed by atoms with Crippen LogP contribution < -0.4 is 10.9 Å². The van der Waals surface area contributed by atoms with E-state index in [0.29, 0.717) is 23.3 Å². The first-order valence-corrected chi connectivity index (χ1v) is 8.88. The summed E-state index contributed by atoms with van der Waals surface area (Å²) in [5, 5.41) is 11.5. The molecule has 1 amide bonds. The maximum atomic E-state index is 12.9. The van der Waals surface area contributed by atoms with E-state index < -0.39 is 11.9 Å². The molecule has 2 aromatic carbocycles. The summed E-state index contributed by atoms with van der Waals surface area (Å²) in [6.45, 7) is 0.598. The van der Waals surface area contributed by atoms with Crippen LogP contribution in [0.1, 0.15) is 24.2 Å². The van der Waals surface area contributed by atoms with Gasteiger partial charge in [-0.05, 0) is 48.3 Å². The number of fused-ring (bicyclic) bond motifs is 2. The zero-order valence-electron chi connectivity index (χ0n) is 14.9. The number of carbonyl (C=O) groups is 2. The number of amides is 1. The van der Waals surface area contributed by atoms with E-state index in [2.05, 4.69) is 10.3 Å². The fourth-order valence-electron chi connectivity index (χ4n) is 3.36. The van der Waals surface area contributed by atoms with E-state index >= 15 is 0 Å². The number of carboxylic acids is 1. The highest BCUT2D eigenvalue weighted by Gasteiger charge is 2.19. The highest BCUT2D eigenvalue weighted by molar-refractivity contribution is 6.36. The van der Waals surface area contributed by atoms with Crippen LogP contribution in [0.15, 0.2) is 53.3 Å². The van der Waals surface area contributed by atoms with Crippen LogP contribution in [0.2, 0.25) is 0 Å². The molecule has 1 aliphatic heterocycles. The molecule has 3 aromatic rings. The Bertz CT molecular complexity index is 1180. The third-order valence-corrected chi connectivity index (χ3v) is 4.66. The van der Waals surface area contributed by atoms with E-state index in [9.17, 15) is 14.4 Å². The first-order chi connectivity index (χ1) is 13.5. The van der Waals surface area contributed by atoms with Gasteiger partial charge in [0, 0.05) is 12.2 Å². The number of carboxylic acid groups (broad SMARTS) is 1. The highest BCUT2D eigenvalue weighted by atomic mass is 16.4. The minimum atomic E-state index is -1.58. The number of anilines is 1. The lowest BCUT2D eigenvalue weighted by atomic mass is 10.0. The van der Waals surface area contributed by atoms with Crippen molar-refractivity contribution in [1.29, 1.82) is 0 Å². The van der Waals surface area contributed by atoms with Gasteiger partial charge in [-0.2, -0.15) is 0 Å². The van der Waals surface area contributed by atoms with Crippen LogP contribution in [-0.2, 0) is 16.1 Å². The Morgan fingerprint density at radius 1 is 1.14 bits per heavy atom. The fraction of sp³-hybridized carbons (Fsp3) is 0.143. The number of rotatable bonds is 2. The average molecular weight is 375 g/mol. The van der Waals surface area contributed by atoms with Crippen LogP contribution in [0.4, 0.5) is 5.69 Å². The number of hydrogen-bond acceptors (Lipinski definition) is 4. The van der Waals surface area contributed by atoms with E-state index in [1.54, 1.807) is 10.6 Å². The number of hydrogen-bond donors (Lipinski definition) is 2. The summed E-state index contributed by atoms with van der Waals surface area (Å²) < 4.78 is 1.68.